The zero-order valence-electron chi connectivity index (χ0n) is 36.4. The van der Waals surface area contributed by atoms with Crippen molar-refractivity contribution in [2.75, 3.05) is 96.1 Å². The quantitative estimate of drug-likeness (QED) is 0.128. The van der Waals surface area contributed by atoms with Gasteiger partial charge in [-0.3, -0.25) is 4.90 Å². The third kappa shape index (κ3) is 10.8. The van der Waals surface area contributed by atoms with Gasteiger partial charge in [0.2, 0.25) is 21.9 Å². The van der Waals surface area contributed by atoms with E-state index in [4.69, 9.17) is 15.1 Å². The molecule has 326 valence electrons. The summed E-state index contributed by atoms with van der Waals surface area (Å²) >= 11 is 0. The van der Waals surface area contributed by atoms with Gasteiger partial charge in [0.05, 0.1) is 17.1 Å². The standard InChI is InChI=1S/C24H31N5O2S.C23H27N5O2/c1-4-32(30,31)28(3)16-15-27(2)22-12-14-29(18-22)24-25-13-11-23(26-24)21-10-9-19-7-5-6-8-20(19)17-21;1-26(13-14-27(2)23(29)30)20-10-12-28(16-20)22-24-11-9-21(25-22)19-8-7-17-5-3-4-6-18(17)15-19/h5-11,13,17,22H,4,12,14-16,18H2,1-3H3;3-9,11,15,20H,10,12-14,16H2,1-2H3,(H,29,30)/t22-;20-/m11/s1. The molecule has 0 unspecified atom stereocenters. The fourth-order valence-corrected chi connectivity index (χ4v) is 8.81. The number of carbonyl (C=O) groups is 1. The van der Waals surface area contributed by atoms with Crippen molar-refractivity contribution in [3.05, 3.63) is 109 Å². The molecule has 1 N–H and O–H groups in total. The molecule has 4 aromatic carbocycles. The Kier molecular flexibility index (Phi) is 14.3. The molecule has 14 nitrogen and oxygen atoms in total. The van der Waals surface area contributed by atoms with E-state index in [1.807, 2.05) is 48.8 Å². The van der Waals surface area contributed by atoms with Gasteiger partial charge in [0.25, 0.3) is 0 Å². The molecule has 0 saturated carbocycles. The van der Waals surface area contributed by atoms with Crippen LogP contribution in [0.15, 0.2) is 109 Å². The van der Waals surface area contributed by atoms with E-state index < -0.39 is 16.1 Å². The van der Waals surface area contributed by atoms with Crippen LogP contribution < -0.4 is 9.80 Å². The van der Waals surface area contributed by atoms with Crippen molar-refractivity contribution in [3.63, 3.8) is 0 Å². The van der Waals surface area contributed by atoms with Crippen LogP contribution in [-0.4, -0.2) is 157 Å². The lowest BCUT2D eigenvalue weighted by Gasteiger charge is -2.26. The van der Waals surface area contributed by atoms with Crippen LogP contribution in [0.1, 0.15) is 19.8 Å². The van der Waals surface area contributed by atoms with Crippen molar-refractivity contribution < 1.29 is 18.3 Å². The SMILES string of the molecule is CCS(=O)(=O)N(C)CCN(C)[C@@H]1CCN(c2nccc(-c3ccc4ccccc4c3)n2)C1.CN(CCN(C)[C@@H]1CCN(c2nccc(-c3ccc4ccccc4c3)n2)C1)C(=O)O. The second-order valence-corrected chi connectivity index (χ2v) is 18.6. The molecule has 2 atom stereocenters. The summed E-state index contributed by atoms with van der Waals surface area (Å²) in [5.74, 6) is 1.63. The molecule has 0 radical (unpaired) electrons. The maximum atomic E-state index is 12.0. The highest BCUT2D eigenvalue weighted by molar-refractivity contribution is 7.89. The van der Waals surface area contributed by atoms with Gasteiger partial charge in [-0.2, -0.15) is 0 Å². The topological polar surface area (TPSA) is 142 Å². The van der Waals surface area contributed by atoms with Crippen molar-refractivity contribution >= 4 is 49.6 Å². The lowest BCUT2D eigenvalue weighted by atomic mass is 10.1. The predicted molar refractivity (Wildman–Crippen MR) is 249 cm³/mol. The lowest BCUT2D eigenvalue weighted by Crippen LogP contribution is -2.41. The Balaban J connectivity index is 0.000000187. The van der Waals surface area contributed by atoms with Crippen LogP contribution in [0.5, 0.6) is 0 Å². The van der Waals surface area contributed by atoms with Crippen LogP contribution in [0, 0.1) is 0 Å². The number of hydrogen-bond acceptors (Lipinski definition) is 11. The molecule has 15 heteroatoms. The number of sulfonamides is 1. The fourth-order valence-electron chi connectivity index (χ4n) is 8.01. The van der Waals surface area contributed by atoms with Crippen molar-refractivity contribution in [2.45, 2.75) is 31.8 Å². The Morgan fingerprint density at radius 2 is 1.10 bits per heavy atom. The smallest absolute Gasteiger partial charge is 0.407 e. The van der Waals surface area contributed by atoms with E-state index >= 15 is 0 Å². The number of aromatic nitrogens is 4. The summed E-state index contributed by atoms with van der Waals surface area (Å²) in [6.45, 7) is 7.54. The number of likely N-dealkylation sites (N-methyl/N-ethyl adjacent to an activating group) is 4. The molecule has 4 heterocycles. The first-order valence-corrected chi connectivity index (χ1v) is 22.9. The van der Waals surface area contributed by atoms with Gasteiger partial charge in [0, 0.05) is 102 Å². The van der Waals surface area contributed by atoms with Crippen LogP contribution in [0.25, 0.3) is 44.1 Å². The second kappa shape index (κ2) is 20.0. The average molecular weight is 859 g/mol. The monoisotopic (exact) mass is 858 g/mol. The second-order valence-electron chi connectivity index (χ2n) is 16.3. The number of rotatable bonds is 14. The van der Waals surface area contributed by atoms with Crippen molar-refractivity contribution in [1.82, 2.24) is 38.9 Å². The third-order valence-electron chi connectivity index (χ3n) is 12.2. The molecular formula is C47H58N10O4S. The summed E-state index contributed by atoms with van der Waals surface area (Å²) in [6, 6.07) is 34.1. The van der Waals surface area contributed by atoms with Crippen molar-refractivity contribution in [1.29, 1.82) is 0 Å². The molecule has 0 aliphatic carbocycles. The molecule has 2 fully saturated rings. The van der Waals surface area contributed by atoms with E-state index in [-0.39, 0.29) is 5.75 Å². The van der Waals surface area contributed by atoms with E-state index in [0.717, 1.165) is 73.4 Å². The molecule has 2 aromatic heterocycles. The minimum atomic E-state index is -3.14. The fraction of sp³-hybridized carbons (Fsp3) is 0.383. The number of anilines is 2. The molecule has 6 aromatic rings. The molecule has 1 amide bonds. The minimum Gasteiger partial charge on any atom is -0.465 e. The third-order valence-corrected chi connectivity index (χ3v) is 14.1. The van der Waals surface area contributed by atoms with E-state index in [1.165, 1.54) is 30.8 Å². The summed E-state index contributed by atoms with van der Waals surface area (Å²) < 4.78 is 25.4. The zero-order valence-corrected chi connectivity index (χ0v) is 37.2. The van der Waals surface area contributed by atoms with Crippen LogP contribution in [0.4, 0.5) is 16.7 Å². The first-order valence-electron chi connectivity index (χ1n) is 21.3. The zero-order chi connectivity index (χ0) is 43.8. The van der Waals surface area contributed by atoms with E-state index in [2.05, 4.69) is 104 Å². The number of carboxylic acid groups (broad SMARTS) is 1. The lowest BCUT2D eigenvalue weighted by molar-refractivity contribution is 0.146. The normalized spacial score (nSPS) is 16.7. The van der Waals surface area contributed by atoms with E-state index in [9.17, 15) is 13.2 Å². The predicted octanol–water partition coefficient (Wildman–Crippen LogP) is 6.51. The Bertz CT molecular complexity index is 2580. The van der Waals surface area contributed by atoms with Crippen LogP contribution in [-0.2, 0) is 10.0 Å². The highest BCUT2D eigenvalue weighted by Crippen LogP contribution is 2.28. The molecule has 2 saturated heterocycles. The Morgan fingerprint density at radius 1 is 0.645 bits per heavy atom. The largest absolute Gasteiger partial charge is 0.465 e. The highest BCUT2D eigenvalue weighted by atomic mass is 32.2. The summed E-state index contributed by atoms with van der Waals surface area (Å²) in [5.41, 5.74) is 4.01. The minimum absolute atomic E-state index is 0.134. The maximum absolute atomic E-state index is 12.0. The van der Waals surface area contributed by atoms with Gasteiger partial charge in [-0.1, -0.05) is 72.8 Å². The number of amides is 1. The van der Waals surface area contributed by atoms with Gasteiger partial charge in [-0.05, 0) is 79.7 Å². The van der Waals surface area contributed by atoms with E-state index in [0.29, 0.717) is 38.3 Å². The van der Waals surface area contributed by atoms with Crippen molar-refractivity contribution in [2.24, 2.45) is 0 Å². The van der Waals surface area contributed by atoms with Gasteiger partial charge >= 0.3 is 6.09 Å². The molecule has 0 spiro atoms. The number of fused-ring (bicyclic) bond motifs is 2. The van der Waals surface area contributed by atoms with Crippen LogP contribution in [0.3, 0.4) is 0 Å². The molecule has 62 heavy (non-hydrogen) atoms. The Hall–Kier alpha value is -5.74. The first kappa shape index (κ1) is 44.3. The number of nitrogens with zero attached hydrogens (tertiary/aromatic N) is 10. The Labute approximate surface area is 365 Å². The van der Waals surface area contributed by atoms with Crippen LogP contribution in [0.2, 0.25) is 0 Å². The summed E-state index contributed by atoms with van der Waals surface area (Å²) in [7, 11) is 4.23. The van der Waals surface area contributed by atoms with Gasteiger partial charge in [0.1, 0.15) is 0 Å². The highest BCUT2D eigenvalue weighted by Gasteiger charge is 2.29. The van der Waals surface area contributed by atoms with Crippen molar-refractivity contribution in [3.8, 4) is 22.5 Å². The van der Waals surface area contributed by atoms with Gasteiger partial charge in [0.15, 0.2) is 0 Å². The molecule has 0 bridgehead atoms. The summed E-state index contributed by atoms with van der Waals surface area (Å²) in [5, 5.41) is 13.8. The van der Waals surface area contributed by atoms with Gasteiger partial charge in [-0.15, -0.1) is 0 Å². The average Bonchev–Trinajstić information content (AvgIpc) is 4.02. The molecule has 2 aliphatic heterocycles. The van der Waals surface area contributed by atoms with Gasteiger partial charge < -0.3 is 24.7 Å². The van der Waals surface area contributed by atoms with E-state index in [1.54, 1.807) is 21.0 Å². The molecular weight excluding hydrogens is 801 g/mol. The maximum Gasteiger partial charge on any atom is 0.407 e. The molecule has 8 rings (SSSR count). The first-order chi connectivity index (χ1) is 29.9. The van der Waals surface area contributed by atoms with Crippen LogP contribution >= 0.6 is 0 Å². The number of hydrogen-bond donors (Lipinski definition) is 1. The number of benzene rings is 4. The van der Waals surface area contributed by atoms with Gasteiger partial charge in [-0.25, -0.2) is 37.5 Å². The molecule has 2 aliphatic rings. The Morgan fingerprint density at radius 3 is 1.55 bits per heavy atom. The summed E-state index contributed by atoms with van der Waals surface area (Å²) in [4.78, 5) is 39.9. The summed E-state index contributed by atoms with van der Waals surface area (Å²) in [6.07, 6.45) is 4.77.